The normalized spacial score (nSPS) is 17.0. The van der Waals surface area contributed by atoms with E-state index < -0.39 is 17.7 Å². The van der Waals surface area contributed by atoms with Crippen molar-refractivity contribution in [3.63, 3.8) is 0 Å². The zero-order chi connectivity index (χ0) is 27.8. The molecule has 0 spiro atoms. The standard InChI is InChI=1S/C31H32N2O5/c1-18-7-10-21(31(3,4)5)17-25(18)28(35)26-27(20-8-15-24(38-6)16-9-20)33(30(37)29(26)36)23-13-11-22(12-14-23)32-19(2)34/h7-17,27,35H,1-6H3,(H,32,34)/b28-26+. The fourth-order valence-electron chi connectivity index (χ4n) is 4.60. The summed E-state index contributed by atoms with van der Waals surface area (Å²) in [5.74, 6) is -1.33. The Hall–Kier alpha value is -4.39. The molecular weight excluding hydrogens is 480 g/mol. The van der Waals surface area contributed by atoms with Crippen LogP contribution in [0.4, 0.5) is 11.4 Å². The van der Waals surface area contributed by atoms with Crippen LogP contribution in [-0.4, -0.2) is 29.8 Å². The predicted molar refractivity (Wildman–Crippen MR) is 148 cm³/mol. The van der Waals surface area contributed by atoms with Gasteiger partial charge in [-0.05, 0) is 71.5 Å². The highest BCUT2D eigenvalue weighted by atomic mass is 16.5. The van der Waals surface area contributed by atoms with E-state index in [4.69, 9.17) is 4.74 Å². The Morgan fingerprint density at radius 1 is 0.974 bits per heavy atom. The molecule has 7 heteroatoms. The molecule has 1 unspecified atom stereocenters. The van der Waals surface area contributed by atoms with Gasteiger partial charge in [-0.2, -0.15) is 0 Å². The maximum Gasteiger partial charge on any atom is 0.300 e. The Morgan fingerprint density at radius 3 is 2.16 bits per heavy atom. The Balaban J connectivity index is 1.92. The minimum atomic E-state index is -0.870. The molecule has 0 aromatic heterocycles. The van der Waals surface area contributed by atoms with Crippen LogP contribution in [0, 0.1) is 6.92 Å². The molecule has 3 aromatic rings. The molecule has 3 aromatic carbocycles. The molecule has 1 aliphatic rings. The summed E-state index contributed by atoms with van der Waals surface area (Å²) in [6, 6.07) is 18.6. The van der Waals surface area contributed by atoms with Crippen LogP contribution in [-0.2, 0) is 19.8 Å². The first kappa shape index (κ1) is 26.7. The predicted octanol–water partition coefficient (Wildman–Crippen LogP) is 5.89. The number of hydrogen-bond donors (Lipinski definition) is 2. The number of carbonyl (C=O) groups is 3. The third-order valence-electron chi connectivity index (χ3n) is 6.70. The topological polar surface area (TPSA) is 95.9 Å². The lowest BCUT2D eigenvalue weighted by Crippen LogP contribution is -2.29. The van der Waals surface area contributed by atoms with Crippen molar-refractivity contribution in [1.29, 1.82) is 0 Å². The van der Waals surface area contributed by atoms with Gasteiger partial charge in [0.1, 0.15) is 11.5 Å². The number of methoxy groups -OCH3 is 1. The van der Waals surface area contributed by atoms with Gasteiger partial charge in [0.05, 0.1) is 18.7 Å². The molecule has 2 amide bonds. The maximum atomic E-state index is 13.5. The number of hydrogen-bond acceptors (Lipinski definition) is 5. The molecule has 1 heterocycles. The van der Waals surface area contributed by atoms with Gasteiger partial charge in [-0.1, -0.05) is 45.0 Å². The number of nitrogens with one attached hydrogen (secondary N) is 1. The van der Waals surface area contributed by atoms with E-state index in [1.165, 1.54) is 11.8 Å². The molecule has 196 valence electrons. The zero-order valence-electron chi connectivity index (χ0n) is 22.5. The molecule has 4 rings (SSSR count). The van der Waals surface area contributed by atoms with Crippen LogP contribution >= 0.6 is 0 Å². The highest BCUT2D eigenvalue weighted by molar-refractivity contribution is 6.51. The van der Waals surface area contributed by atoms with Crippen LogP contribution in [0.1, 0.15) is 56.0 Å². The molecule has 2 N–H and O–H groups in total. The highest BCUT2D eigenvalue weighted by Crippen LogP contribution is 2.43. The molecule has 0 radical (unpaired) electrons. The zero-order valence-corrected chi connectivity index (χ0v) is 22.5. The first-order valence-corrected chi connectivity index (χ1v) is 12.4. The number of benzene rings is 3. The number of rotatable bonds is 5. The van der Waals surface area contributed by atoms with Crippen LogP contribution in [0.25, 0.3) is 5.76 Å². The fraction of sp³-hybridized carbons (Fsp3) is 0.258. The molecule has 0 saturated carbocycles. The summed E-state index contributed by atoms with van der Waals surface area (Å²) in [4.78, 5) is 39.8. The van der Waals surface area contributed by atoms with Crippen molar-refractivity contribution in [2.75, 3.05) is 17.3 Å². The van der Waals surface area contributed by atoms with Crippen LogP contribution < -0.4 is 15.0 Å². The number of carbonyl (C=O) groups excluding carboxylic acids is 3. The van der Waals surface area contributed by atoms with E-state index in [0.29, 0.717) is 28.3 Å². The second-order valence-corrected chi connectivity index (χ2v) is 10.5. The number of nitrogens with zero attached hydrogens (tertiary/aromatic N) is 1. The lowest BCUT2D eigenvalue weighted by atomic mass is 9.84. The molecule has 1 aliphatic heterocycles. The van der Waals surface area contributed by atoms with Gasteiger partial charge in [0.25, 0.3) is 11.7 Å². The number of Topliss-reactive ketones (excluding diaryl/α,β-unsaturated/α-hetero) is 1. The smallest absolute Gasteiger partial charge is 0.300 e. The van der Waals surface area contributed by atoms with E-state index in [0.717, 1.165) is 11.1 Å². The van der Waals surface area contributed by atoms with Gasteiger partial charge in [0.2, 0.25) is 5.91 Å². The van der Waals surface area contributed by atoms with E-state index in [1.54, 1.807) is 55.6 Å². The average molecular weight is 513 g/mol. The van der Waals surface area contributed by atoms with Crippen molar-refractivity contribution >= 4 is 34.7 Å². The Kier molecular flexibility index (Phi) is 7.14. The second kappa shape index (κ2) is 10.2. The lowest BCUT2D eigenvalue weighted by Gasteiger charge is -2.26. The van der Waals surface area contributed by atoms with Crippen LogP contribution in [0.2, 0.25) is 0 Å². The van der Waals surface area contributed by atoms with Crippen molar-refractivity contribution in [3.8, 4) is 5.75 Å². The molecule has 1 saturated heterocycles. The van der Waals surface area contributed by atoms with E-state index in [1.807, 2.05) is 25.1 Å². The molecule has 1 atom stereocenters. The van der Waals surface area contributed by atoms with Gasteiger partial charge in [-0.15, -0.1) is 0 Å². The van der Waals surface area contributed by atoms with Gasteiger partial charge >= 0.3 is 0 Å². The van der Waals surface area contributed by atoms with Gasteiger partial charge in [-0.25, -0.2) is 0 Å². The van der Waals surface area contributed by atoms with Crippen LogP contribution in [0.3, 0.4) is 0 Å². The number of amides is 2. The third-order valence-corrected chi connectivity index (χ3v) is 6.70. The monoisotopic (exact) mass is 512 g/mol. The molecular formula is C31H32N2O5. The van der Waals surface area contributed by atoms with Crippen molar-refractivity contribution in [2.45, 2.75) is 46.1 Å². The van der Waals surface area contributed by atoms with Crippen molar-refractivity contribution in [3.05, 3.63) is 94.6 Å². The van der Waals surface area contributed by atoms with Gasteiger partial charge in [0.15, 0.2) is 0 Å². The highest BCUT2D eigenvalue weighted by Gasteiger charge is 2.47. The minimum absolute atomic E-state index is 0.0141. The van der Waals surface area contributed by atoms with Gasteiger partial charge in [0, 0.05) is 23.9 Å². The molecule has 38 heavy (non-hydrogen) atoms. The Labute approximate surface area is 222 Å². The third kappa shape index (κ3) is 5.05. The van der Waals surface area contributed by atoms with Gasteiger partial charge < -0.3 is 15.2 Å². The molecule has 1 fully saturated rings. The SMILES string of the molecule is COc1ccc(C2/C(=C(\O)c3cc(C(C)(C)C)ccc3C)C(=O)C(=O)N2c2ccc(NC(C)=O)cc2)cc1. The second-order valence-electron chi connectivity index (χ2n) is 10.5. The molecule has 0 aliphatic carbocycles. The first-order chi connectivity index (χ1) is 17.9. The van der Waals surface area contributed by atoms with E-state index in [2.05, 4.69) is 26.1 Å². The summed E-state index contributed by atoms with van der Waals surface area (Å²) >= 11 is 0. The summed E-state index contributed by atoms with van der Waals surface area (Å²) < 4.78 is 5.29. The van der Waals surface area contributed by atoms with Gasteiger partial charge in [-0.3, -0.25) is 19.3 Å². The van der Waals surface area contributed by atoms with Crippen LogP contribution in [0.15, 0.2) is 72.3 Å². The minimum Gasteiger partial charge on any atom is -0.507 e. The number of anilines is 2. The first-order valence-electron chi connectivity index (χ1n) is 12.4. The lowest BCUT2D eigenvalue weighted by molar-refractivity contribution is -0.132. The Morgan fingerprint density at radius 2 is 1.61 bits per heavy atom. The Bertz CT molecular complexity index is 1430. The molecule has 7 nitrogen and oxygen atoms in total. The number of ether oxygens (including phenoxy) is 1. The van der Waals surface area contributed by atoms with E-state index >= 15 is 0 Å². The van der Waals surface area contributed by atoms with Crippen LogP contribution in [0.5, 0.6) is 5.75 Å². The fourth-order valence-corrected chi connectivity index (χ4v) is 4.60. The summed E-state index contributed by atoms with van der Waals surface area (Å²) in [5, 5.41) is 14.3. The summed E-state index contributed by atoms with van der Waals surface area (Å²) in [7, 11) is 1.56. The number of aliphatic hydroxyl groups excluding tert-OH is 1. The summed E-state index contributed by atoms with van der Waals surface area (Å²) in [6.07, 6.45) is 0. The van der Waals surface area contributed by atoms with E-state index in [9.17, 15) is 19.5 Å². The van der Waals surface area contributed by atoms with E-state index in [-0.39, 0.29) is 22.7 Å². The summed E-state index contributed by atoms with van der Waals surface area (Å²) in [6.45, 7) is 9.49. The van der Waals surface area contributed by atoms with Crippen molar-refractivity contribution < 1.29 is 24.2 Å². The average Bonchev–Trinajstić information content (AvgIpc) is 3.13. The maximum absolute atomic E-state index is 13.5. The quantitative estimate of drug-likeness (QED) is 0.253. The number of ketones is 1. The largest absolute Gasteiger partial charge is 0.507 e. The van der Waals surface area contributed by atoms with Crippen molar-refractivity contribution in [1.82, 2.24) is 0 Å². The summed E-state index contributed by atoms with van der Waals surface area (Å²) in [5.41, 5.74) is 3.79. The number of aryl methyl sites for hydroxylation is 1. The number of aliphatic hydroxyl groups is 1. The molecule has 0 bridgehead atoms. The van der Waals surface area contributed by atoms with Crippen molar-refractivity contribution in [2.24, 2.45) is 0 Å².